The molecule has 98 valence electrons. The van der Waals surface area contributed by atoms with E-state index < -0.39 is 5.97 Å². The van der Waals surface area contributed by atoms with Crippen LogP contribution in [0.25, 0.3) is 0 Å². The molecule has 0 saturated heterocycles. The molecule has 5 nitrogen and oxygen atoms in total. The Hall–Kier alpha value is -1.98. The van der Waals surface area contributed by atoms with Crippen LogP contribution in [0.15, 0.2) is 30.5 Å². The fraction of sp³-hybridized carbons (Fsp3) is 0. The lowest BCUT2D eigenvalue weighted by Gasteiger charge is -2.11. The summed E-state index contributed by atoms with van der Waals surface area (Å²) in [6, 6.07) is 6.10. The summed E-state index contributed by atoms with van der Waals surface area (Å²) in [6.45, 7) is 0. The average Bonchev–Trinajstić information content (AvgIpc) is 2.35. The highest BCUT2D eigenvalue weighted by Gasteiger charge is 2.12. The van der Waals surface area contributed by atoms with Gasteiger partial charge in [-0.1, -0.05) is 23.2 Å². The van der Waals surface area contributed by atoms with Crippen LogP contribution in [0.3, 0.4) is 0 Å². The first-order valence-corrected chi connectivity index (χ1v) is 5.94. The quantitative estimate of drug-likeness (QED) is 0.808. The van der Waals surface area contributed by atoms with Crippen molar-refractivity contribution in [2.45, 2.75) is 0 Å². The van der Waals surface area contributed by atoms with Gasteiger partial charge >= 0.3 is 5.97 Å². The van der Waals surface area contributed by atoms with Gasteiger partial charge in [0.15, 0.2) is 0 Å². The van der Waals surface area contributed by atoms with Gasteiger partial charge in [0.2, 0.25) is 0 Å². The Morgan fingerprint density at radius 2 is 2.00 bits per heavy atom. The fourth-order valence-corrected chi connectivity index (χ4v) is 1.82. The summed E-state index contributed by atoms with van der Waals surface area (Å²) in [5.74, 6) is -0.991. The highest BCUT2D eigenvalue weighted by atomic mass is 35.5. The number of nitrogen functional groups attached to an aromatic ring is 1. The number of halogens is 2. The van der Waals surface area contributed by atoms with E-state index in [0.29, 0.717) is 15.7 Å². The molecule has 0 aliphatic heterocycles. The van der Waals surface area contributed by atoms with Crippen molar-refractivity contribution in [1.29, 1.82) is 0 Å². The highest BCUT2D eigenvalue weighted by molar-refractivity contribution is 6.35. The lowest BCUT2D eigenvalue weighted by Crippen LogP contribution is -2.05. The molecule has 0 aliphatic carbocycles. The van der Waals surface area contributed by atoms with Crippen LogP contribution < -0.4 is 11.1 Å². The second-order valence-corrected chi connectivity index (χ2v) is 4.55. The van der Waals surface area contributed by atoms with E-state index in [9.17, 15) is 4.79 Å². The van der Waals surface area contributed by atoms with E-state index >= 15 is 0 Å². The van der Waals surface area contributed by atoms with Crippen LogP contribution in [0.1, 0.15) is 10.4 Å². The number of aromatic nitrogens is 1. The van der Waals surface area contributed by atoms with Gasteiger partial charge in [0.25, 0.3) is 0 Å². The van der Waals surface area contributed by atoms with Crippen molar-refractivity contribution in [1.82, 2.24) is 4.98 Å². The van der Waals surface area contributed by atoms with Crippen LogP contribution in [-0.2, 0) is 0 Å². The van der Waals surface area contributed by atoms with Crippen LogP contribution in [0.4, 0.5) is 17.2 Å². The Labute approximate surface area is 119 Å². The summed E-state index contributed by atoms with van der Waals surface area (Å²) < 4.78 is 0. The molecule has 0 fully saturated rings. The topological polar surface area (TPSA) is 88.2 Å². The van der Waals surface area contributed by atoms with Crippen molar-refractivity contribution in [2.75, 3.05) is 11.1 Å². The molecule has 2 aromatic rings. The summed E-state index contributed by atoms with van der Waals surface area (Å²) in [5, 5.41) is 12.9. The second-order valence-electron chi connectivity index (χ2n) is 3.71. The fourth-order valence-electron chi connectivity index (χ4n) is 1.49. The molecule has 1 heterocycles. The zero-order valence-corrected chi connectivity index (χ0v) is 11.0. The molecule has 0 saturated carbocycles. The maximum Gasteiger partial charge on any atom is 0.338 e. The van der Waals surface area contributed by atoms with Gasteiger partial charge in [-0.25, -0.2) is 9.78 Å². The maximum absolute atomic E-state index is 11.1. The number of aromatic carboxylic acids is 1. The van der Waals surface area contributed by atoms with Gasteiger partial charge in [0, 0.05) is 5.02 Å². The van der Waals surface area contributed by atoms with E-state index in [1.807, 2.05) is 0 Å². The van der Waals surface area contributed by atoms with Gasteiger partial charge in [-0.15, -0.1) is 0 Å². The summed E-state index contributed by atoms with van der Waals surface area (Å²) in [5.41, 5.74) is 6.24. The number of nitrogens with two attached hydrogens (primary N) is 1. The van der Waals surface area contributed by atoms with Gasteiger partial charge in [-0.05, 0) is 24.3 Å². The molecular weight excluding hydrogens is 289 g/mol. The number of hydrogen-bond acceptors (Lipinski definition) is 4. The predicted octanol–water partition coefficient (Wildman–Crippen LogP) is 3.41. The molecule has 7 heteroatoms. The zero-order chi connectivity index (χ0) is 14.0. The lowest BCUT2D eigenvalue weighted by molar-refractivity contribution is 0.0698. The van der Waals surface area contributed by atoms with E-state index in [1.54, 1.807) is 18.2 Å². The third kappa shape index (κ3) is 3.07. The lowest BCUT2D eigenvalue weighted by atomic mass is 10.2. The van der Waals surface area contributed by atoms with Crippen molar-refractivity contribution < 1.29 is 9.90 Å². The Bertz CT molecular complexity index is 647. The van der Waals surface area contributed by atoms with Gasteiger partial charge < -0.3 is 16.2 Å². The number of nitrogens with zero attached hydrogens (tertiary/aromatic N) is 1. The van der Waals surface area contributed by atoms with E-state index in [0.717, 1.165) is 0 Å². The van der Waals surface area contributed by atoms with Crippen molar-refractivity contribution in [2.24, 2.45) is 0 Å². The molecule has 0 amide bonds. The van der Waals surface area contributed by atoms with Gasteiger partial charge in [-0.3, -0.25) is 0 Å². The summed E-state index contributed by atoms with van der Waals surface area (Å²) in [7, 11) is 0. The average molecular weight is 298 g/mol. The summed E-state index contributed by atoms with van der Waals surface area (Å²) in [6.07, 6.45) is 1.33. The normalized spacial score (nSPS) is 10.2. The minimum absolute atomic E-state index is 0.00328. The van der Waals surface area contributed by atoms with E-state index in [-0.39, 0.29) is 17.1 Å². The number of carboxylic acids is 1. The first-order valence-electron chi connectivity index (χ1n) is 5.18. The summed E-state index contributed by atoms with van der Waals surface area (Å²) in [4.78, 5) is 15.0. The third-order valence-corrected chi connectivity index (χ3v) is 2.92. The number of nitrogens with one attached hydrogen (secondary N) is 1. The number of pyridine rings is 1. The van der Waals surface area contributed by atoms with E-state index in [2.05, 4.69) is 10.3 Å². The van der Waals surface area contributed by atoms with E-state index in [4.69, 9.17) is 34.0 Å². The number of rotatable bonds is 3. The molecule has 0 bridgehead atoms. The standard InChI is InChI=1S/C12H9Cl2N3O2/c13-6-1-2-8(14)9(3-6)17-10-5-16-11(15)4-7(10)12(18)19/h1-5,17H,(H2,15,16)(H,18,19). The van der Waals surface area contributed by atoms with Crippen molar-refractivity contribution >= 4 is 46.4 Å². The van der Waals surface area contributed by atoms with Crippen LogP contribution in [0, 0.1) is 0 Å². The van der Waals surface area contributed by atoms with E-state index in [1.165, 1.54) is 12.3 Å². The molecular formula is C12H9Cl2N3O2. The Morgan fingerprint density at radius 3 is 2.68 bits per heavy atom. The van der Waals surface area contributed by atoms with Crippen LogP contribution in [0.2, 0.25) is 10.0 Å². The first kappa shape index (κ1) is 13.5. The molecule has 2 rings (SSSR count). The first-order chi connectivity index (χ1) is 8.97. The molecule has 0 aliphatic rings. The Kier molecular flexibility index (Phi) is 3.78. The molecule has 0 unspecified atom stereocenters. The van der Waals surface area contributed by atoms with Crippen LogP contribution in [0.5, 0.6) is 0 Å². The van der Waals surface area contributed by atoms with Crippen molar-refractivity contribution in [3.63, 3.8) is 0 Å². The van der Waals surface area contributed by atoms with Crippen molar-refractivity contribution in [3.8, 4) is 0 Å². The largest absolute Gasteiger partial charge is 0.478 e. The van der Waals surface area contributed by atoms with Crippen LogP contribution >= 0.6 is 23.2 Å². The second kappa shape index (κ2) is 5.34. The van der Waals surface area contributed by atoms with Crippen LogP contribution in [-0.4, -0.2) is 16.1 Å². The molecule has 4 N–H and O–H groups in total. The minimum Gasteiger partial charge on any atom is -0.478 e. The number of carboxylic acid groups (broad SMARTS) is 1. The number of anilines is 3. The molecule has 0 atom stereocenters. The Morgan fingerprint density at radius 1 is 1.26 bits per heavy atom. The van der Waals surface area contributed by atoms with Gasteiger partial charge in [0.1, 0.15) is 5.82 Å². The predicted molar refractivity (Wildman–Crippen MR) is 75.4 cm³/mol. The monoisotopic (exact) mass is 297 g/mol. The molecule has 19 heavy (non-hydrogen) atoms. The molecule has 0 radical (unpaired) electrons. The Balaban J connectivity index is 2.43. The summed E-state index contributed by atoms with van der Waals surface area (Å²) >= 11 is 11.9. The van der Waals surface area contributed by atoms with Gasteiger partial charge in [0.05, 0.1) is 28.2 Å². The zero-order valence-electron chi connectivity index (χ0n) is 9.52. The highest BCUT2D eigenvalue weighted by Crippen LogP contribution is 2.29. The third-order valence-electron chi connectivity index (χ3n) is 2.35. The molecule has 1 aromatic carbocycles. The minimum atomic E-state index is -1.12. The van der Waals surface area contributed by atoms with Gasteiger partial charge in [-0.2, -0.15) is 0 Å². The molecule has 0 spiro atoms. The SMILES string of the molecule is Nc1cc(C(=O)O)c(Nc2cc(Cl)ccc2Cl)cn1. The number of carbonyl (C=O) groups is 1. The number of hydrogen-bond donors (Lipinski definition) is 3. The number of benzene rings is 1. The van der Waals surface area contributed by atoms with Crippen molar-refractivity contribution in [3.05, 3.63) is 46.1 Å². The molecule has 1 aromatic heterocycles. The smallest absolute Gasteiger partial charge is 0.338 e. The maximum atomic E-state index is 11.1.